The first-order valence-corrected chi connectivity index (χ1v) is 10.2. The second kappa shape index (κ2) is 8.14. The first kappa shape index (κ1) is 19.9. The van der Waals surface area contributed by atoms with Gasteiger partial charge in [-0.2, -0.15) is 5.10 Å². The summed E-state index contributed by atoms with van der Waals surface area (Å²) in [6.45, 7) is 3.22. The van der Waals surface area contributed by atoms with Crippen LogP contribution in [0, 0.1) is 6.92 Å². The van der Waals surface area contributed by atoms with Gasteiger partial charge >= 0.3 is 0 Å². The monoisotopic (exact) mass is 402 g/mol. The van der Waals surface area contributed by atoms with Gasteiger partial charge in [-0.15, -0.1) is 0 Å². The number of hydrogen-bond acceptors (Lipinski definition) is 3. The zero-order chi connectivity index (χ0) is 21.3. The van der Waals surface area contributed by atoms with Gasteiger partial charge in [0.1, 0.15) is 0 Å². The van der Waals surface area contributed by atoms with Crippen molar-refractivity contribution in [2.45, 2.75) is 25.7 Å². The average Bonchev–Trinajstić information content (AvgIpc) is 3.20. The van der Waals surface area contributed by atoms with Crippen molar-refractivity contribution in [2.75, 3.05) is 13.1 Å². The van der Waals surface area contributed by atoms with Gasteiger partial charge in [-0.25, -0.2) is 0 Å². The van der Waals surface area contributed by atoms with E-state index in [1.807, 2.05) is 31.3 Å². The summed E-state index contributed by atoms with van der Waals surface area (Å²) in [7, 11) is 1.91. The number of primary amides is 1. The fourth-order valence-electron chi connectivity index (χ4n) is 4.14. The number of carbonyl (C=O) groups is 2. The molecule has 2 aromatic carbocycles. The lowest BCUT2D eigenvalue weighted by atomic mass is 9.88. The van der Waals surface area contributed by atoms with Crippen molar-refractivity contribution >= 4 is 11.8 Å². The van der Waals surface area contributed by atoms with E-state index in [0.717, 1.165) is 29.5 Å². The molecule has 0 atom stereocenters. The van der Waals surface area contributed by atoms with Crippen molar-refractivity contribution in [2.24, 2.45) is 12.8 Å². The molecule has 1 saturated heterocycles. The lowest BCUT2D eigenvalue weighted by molar-refractivity contribution is 0.0713. The second-order valence-electron chi connectivity index (χ2n) is 7.99. The molecule has 6 heteroatoms. The zero-order valence-corrected chi connectivity index (χ0v) is 17.3. The third kappa shape index (κ3) is 3.99. The summed E-state index contributed by atoms with van der Waals surface area (Å²) in [5, 5.41) is 4.23. The Bertz CT molecular complexity index is 1080. The lowest BCUT2D eigenvalue weighted by Crippen LogP contribution is -2.38. The molecular weight excluding hydrogens is 376 g/mol. The number of nitrogens with two attached hydrogens (primary N) is 1. The molecule has 0 saturated carbocycles. The molecule has 1 fully saturated rings. The van der Waals surface area contributed by atoms with Crippen LogP contribution in [0.1, 0.15) is 50.6 Å². The summed E-state index contributed by atoms with van der Waals surface area (Å²) in [5.41, 5.74) is 10.7. The van der Waals surface area contributed by atoms with Crippen molar-refractivity contribution in [3.05, 3.63) is 77.1 Å². The van der Waals surface area contributed by atoms with E-state index in [1.165, 1.54) is 5.56 Å². The fourth-order valence-corrected chi connectivity index (χ4v) is 4.14. The number of aromatic nitrogens is 2. The maximum atomic E-state index is 12.9. The van der Waals surface area contributed by atoms with Crippen LogP contribution >= 0.6 is 0 Å². The van der Waals surface area contributed by atoms with Gasteiger partial charge in [-0.1, -0.05) is 30.3 Å². The van der Waals surface area contributed by atoms with Crippen molar-refractivity contribution in [1.29, 1.82) is 0 Å². The molecule has 2 amide bonds. The minimum atomic E-state index is -0.504. The van der Waals surface area contributed by atoms with Crippen LogP contribution in [0.15, 0.2) is 54.9 Å². The highest BCUT2D eigenvalue weighted by Gasteiger charge is 2.25. The van der Waals surface area contributed by atoms with Gasteiger partial charge in [-0.3, -0.25) is 14.3 Å². The molecule has 0 aliphatic carbocycles. The van der Waals surface area contributed by atoms with E-state index >= 15 is 0 Å². The van der Waals surface area contributed by atoms with Crippen molar-refractivity contribution < 1.29 is 9.59 Å². The summed E-state index contributed by atoms with van der Waals surface area (Å²) in [4.78, 5) is 26.4. The Hall–Kier alpha value is -3.41. The Balaban J connectivity index is 1.41. The van der Waals surface area contributed by atoms with Gasteiger partial charge in [0.25, 0.3) is 5.91 Å². The molecule has 4 rings (SSSR count). The summed E-state index contributed by atoms with van der Waals surface area (Å²) < 4.78 is 1.80. The van der Waals surface area contributed by atoms with E-state index in [2.05, 4.69) is 29.4 Å². The average molecular weight is 402 g/mol. The quantitative estimate of drug-likeness (QED) is 0.725. The predicted octanol–water partition coefficient (Wildman–Crippen LogP) is 3.51. The number of likely N-dealkylation sites (tertiary alicyclic amines) is 1. The second-order valence-corrected chi connectivity index (χ2v) is 7.99. The molecule has 0 radical (unpaired) electrons. The standard InChI is InChI=1S/C24H26N4O2/c1-16-3-4-20(13-22(16)23(25)29)24(30)28-11-9-19(10-12-28)17-5-7-18(8-6-17)21-14-26-27(2)15-21/h3-8,13-15,19H,9-12H2,1-2H3,(H2,25,29). The molecule has 1 aliphatic rings. The van der Waals surface area contributed by atoms with E-state index in [9.17, 15) is 9.59 Å². The lowest BCUT2D eigenvalue weighted by Gasteiger charge is -2.32. The molecular formula is C24H26N4O2. The first-order chi connectivity index (χ1) is 14.4. The molecule has 2 heterocycles. The number of benzene rings is 2. The molecule has 0 bridgehead atoms. The maximum absolute atomic E-state index is 12.9. The van der Waals surface area contributed by atoms with E-state index in [0.29, 0.717) is 30.1 Å². The third-order valence-corrected chi connectivity index (χ3v) is 5.95. The van der Waals surface area contributed by atoms with Crippen LogP contribution in [0.3, 0.4) is 0 Å². The molecule has 1 aliphatic heterocycles. The van der Waals surface area contributed by atoms with Gasteiger partial charge in [0, 0.05) is 43.0 Å². The highest BCUT2D eigenvalue weighted by atomic mass is 16.2. The minimum absolute atomic E-state index is 0.0390. The molecule has 3 aromatic rings. The normalized spacial score (nSPS) is 14.7. The number of rotatable bonds is 4. The molecule has 2 N–H and O–H groups in total. The Labute approximate surface area is 176 Å². The Morgan fingerprint density at radius 2 is 1.73 bits per heavy atom. The predicted molar refractivity (Wildman–Crippen MR) is 116 cm³/mol. The summed E-state index contributed by atoms with van der Waals surface area (Å²) in [6, 6.07) is 13.8. The van der Waals surface area contributed by atoms with Gasteiger partial charge in [-0.05, 0) is 54.5 Å². The smallest absolute Gasteiger partial charge is 0.253 e. The minimum Gasteiger partial charge on any atom is -0.366 e. The van der Waals surface area contributed by atoms with Crippen molar-refractivity contribution in [3.8, 4) is 11.1 Å². The van der Waals surface area contributed by atoms with Crippen molar-refractivity contribution in [3.63, 3.8) is 0 Å². The first-order valence-electron chi connectivity index (χ1n) is 10.2. The van der Waals surface area contributed by atoms with E-state index in [1.54, 1.807) is 22.9 Å². The number of piperidine rings is 1. The van der Waals surface area contributed by atoms with Crippen LogP contribution in [0.5, 0.6) is 0 Å². The highest BCUT2D eigenvalue weighted by Crippen LogP contribution is 2.30. The van der Waals surface area contributed by atoms with Gasteiger partial charge in [0.2, 0.25) is 5.91 Å². The molecule has 0 spiro atoms. The van der Waals surface area contributed by atoms with Gasteiger partial charge < -0.3 is 10.6 Å². The number of hydrogen-bond donors (Lipinski definition) is 1. The molecule has 30 heavy (non-hydrogen) atoms. The maximum Gasteiger partial charge on any atom is 0.253 e. The van der Waals surface area contributed by atoms with Crippen molar-refractivity contribution in [1.82, 2.24) is 14.7 Å². The third-order valence-electron chi connectivity index (χ3n) is 5.95. The van der Waals surface area contributed by atoms with Crippen LogP contribution in [0.2, 0.25) is 0 Å². The number of aryl methyl sites for hydroxylation is 2. The van der Waals surface area contributed by atoms with Gasteiger partial charge in [0.15, 0.2) is 0 Å². The number of amides is 2. The van der Waals surface area contributed by atoms with Crippen LogP contribution in [0.4, 0.5) is 0 Å². The summed E-state index contributed by atoms with van der Waals surface area (Å²) >= 11 is 0. The van der Waals surface area contributed by atoms with E-state index in [4.69, 9.17) is 5.73 Å². The largest absolute Gasteiger partial charge is 0.366 e. The van der Waals surface area contributed by atoms with Crippen LogP contribution < -0.4 is 5.73 Å². The van der Waals surface area contributed by atoms with Crippen LogP contribution in [-0.4, -0.2) is 39.6 Å². The Kier molecular flexibility index (Phi) is 5.40. The van der Waals surface area contributed by atoms with Crippen LogP contribution in [-0.2, 0) is 7.05 Å². The van der Waals surface area contributed by atoms with Gasteiger partial charge in [0.05, 0.1) is 6.20 Å². The summed E-state index contributed by atoms with van der Waals surface area (Å²) in [5.74, 6) is -0.102. The number of carbonyl (C=O) groups excluding carboxylic acids is 2. The van der Waals surface area contributed by atoms with Crippen LogP contribution in [0.25, 0.3) is 11.1 Å². The van der Waals surface area contributed by atoms with E-state index in [-0.39, 0.29) is 5.91 Å². The summed E-state index contributed by atoms with van der Waals surface area (Å²) in [6.07, 6.45) is 5.72. The Morgan fingerprint density at radius 1 is 1.03 bits per heavy atom. The molecule has 6 nitrogen and oxygen atoms in total. The Morgan fingerprint density at radius 3 is 2.33 bits per heavy atom. The topological polar surface area (TPSA) is 81.2 Å². The fraction of sp³-hybridized carbons (Fsp3) is 0.292. The molecule has 1 aromatic heterocycles. The molecule has 154 valence electrons. The highest BCUT2D eigenvalue weighted by molar-refractivity contribution is 6.00. The zero-order valence-electron chi connectivity index (χ0n) is 17.3. The SMILES string of the molecule is Cc1ccc(C(=O)N2CCC(c3ccc(-c4cnn(C)c4)cc3)CC2)cc1C(N)=O. The molecule has 0 unspecified atom stereocenters. The van der Waals surface area contributed by atoms with E-state index < -0.39 is 5.91 Å². The number of nitrogens with zero attached hydrogens (tertiary/aromatic N) is 3.